The van der Waals surface area contributed by atoms with Crippen LogP contribution in [0.2, 0.25) is 16.6 Å². The van der Waals surface area contributed by atoms with Crippen LogP contribution in [-0.4, -0.2) is 8.32 Å². The zero-order chi connectivity index (χ0) is 14.6. The lowest BCUT2D eigenvalue weighted by molar-refractivity contribution is 0.445. The zero-order valence-corrected chi connectivity index (χ0v) is 14.2. The van der Waals surface area contributed by atoms with Crippen LogP contribution in [0.15, 0.2) is 36.9 Å². The van der Waals surface area contributed by atoms with Crippen molar-refractivity contribution in [2.24, 2.45) is 0 Å². The summed E-state index contributed by atoms with van der Waals surface area (Å²) in [5, 5.41) is 0. The monoisotopic (exact) mass is 276 g/mol. The van der Waals surface area contributed by atoms with Crippen molar-refractivity contribution < 1.29 is 4.43 Å². The molecule has 0 atom stereocenters. The molecule has 106 valence electrons. The van der Waals surface area contributed by atoms with E-state index in [1.165, 1.54) is 0 Å². The van der Waals surface area contributed by atoms with Gasteiger partial charge in [-0.1, -0.05) is 78.5 Å². The molecule has 0 fully saturated rings. The van der Waals surface area contributed by atoms with Gasteiger partial charge in [0, 0.05) is 5.56 Å². The molecule has 2 heteroatoms. The molecule has 0 saturated carbocycles. The predicted octanol–water partition coefficient (Wildman–Crippen LogP) is 5.85. The Morgan fingerprint density at radius 3 is 1.68 bits per heavy atom. The van der Waals surface area contributed by atoms with Gasteiger partial charge in [-0.25, -0.2) is 0 Å². The van der Waals surface area contributed by atoms with E-state index in [1.807, 2.05) is 18.2 Å². The summed E-state index contributed by atoms with van der Waals surface area (Å²) in [4.78, 5) is 0. The maximum Gasteiger partial charge on any atom is 0.258 e. The summed E-state index contributed by atoms with van der Waals surface area (Å²) in [5.74, 6) is 0.836. The highest BCUT2D eigenvalue weighted by Crippen LogP contribution is 2.44. The molecule has 0 aliphatic heterocycles. The van der Waals surface area contributed by atoms with Gasteiger partial charge in [-0.3, -0.25) is 0 Å². The third-order valence-corrected chi connectivity index (χ3v) is 10.1. The van der Waals surface area contributed by atoms with E-state index in [2.05, 4.69) is 60.3 Å². The molecule has 0 bridgehead atoms. The average molecular weight is 276 g/mol. The third-order valence-electron chi connectivity index (χ3n) is 4.10. The first-order chi connectivity index (χ1) is 8.82. The van der Waals surface area contributed by atoms with Gasteiger partial charge in [0.2, 0.25) is 0 Å². The van der Waals surface area contributed by atoms with Crippen molar-refractivity contribution in [2.75, 3.05) is 0 Å². The van der Waals surface area contributed by atoms with Crippen LogP contribution < -0.4 is 0 Å². The Labute approximate surface area is 119 Å². The van der Waals surface area contributed by atoms with Crippen molar-refractivity contribution in [3.8, 4) is 0 Å². The summed E-state index contributed by atoms with van der Waals surface area (Å²) >= 11 is 0. The van der Waals surface area contributed by atoms with E-state index < -0.39 is 8.32 Å². The second kappa shape index (κ2) is 6.42. The summed E-state index contributed by atoms with van der Waals surface area (Å²) < 4.78 is 6.55. The van der Waals surface area contributed by atoms with E-state index in [0.717, 1.165) is 11.3 Å². The van der Waals surface area contributed by atoms with E-state index in [1.54, 1.807) is 0 Å². The van der Waals surface area contributed by atoms with Gasteiger partial charge in [0.25, 0.3) is 8.32 Å². The summed E-state index contributed by atoms with van der Waals surface area (Å²) in [6, 6.07) is 10.2. The van der Waals surface area contributed by atoms with Crippen LogP contribution in [0, 0.1) is 0 Å². The van der Waals surface area contributed by atoms with Gasteiger partial charge in [0.05, 0.1) is 0 Å². The van der Waals surface area contributed by atoms with Crippen molar-refractivity contribution in [1.29, 1.82) is 0 Å². The van der Waals surface area contributed by atoms with E-state index >= 15 is 0 Å². The van der Waals surface area contributed by atoms with Crippen LogP contribution in [0.25, 0.3) is 5.76 Å². The molecule has 1 rings (SSSR count). The Bertz CT molecular complexity index is 385. The first-order valence-corrected chi connectivity index (χ1v) is 9.39. The zero-order valence-electron chi connectivity index (χ0n) is 13.2. The highest BCUT2D eigenvalue weighted by Gasteiger charge is 2.47. The summed E-state index contributed by atoms with van der Waals surface area (Å²) in [6.45, 7) is 17.9. The highest BCUT2D eigenvalue weighted by atomic mass is 28.4. The smallest absolute Gasteiger partial charge is 0.258 e. The van der Waals surface area contributed by atoms with Crippen molar-refractivity contribution in [3.63, 3.8) is 0 Å². The molecule has 0 heterocycles. The topological polar surface area (TPSA) is 9.23 Å². The summed E-state index contributed by atoms with van der Waals surface area (Å²) in [6.07, 6.45) is 0. The van der Waals surface area contributed by atoms with E-state index in [0.29, 0.717) is 16.6 Å². The van der Waals surface area contributed by atoms with Gasteiger partial charge in [0.1, 0.15) is 5.76 Å². The first kappa shape index (κ1) is 16.0. The molecular formula is C17H28OSi. The van der Waals surface area contributed by atoms with E-state index in [-0.39, 0.29) is 0 Å². The largest absolute Gasteiger partial charge is 0.543 e. The van der Waals surface area contributed by atoms with Crippen molar-refractivity contribution in [1.82, 2.24) is 0 Å². The molecule has 19 heavy (non-hydrogen) atoms. The van der Waals surface area contributed by atoms with Gasteiger partial charge in [-0.2, -0.15) is 0 Å². The van der Waals surface area contributed by atoms with Gasteiger partial charge in [-0.05, 0) is 16.6 Å². The summed E-state index contributed by atoms with van der Waals surface area (Å²) in [7, 11) is -1.87. The predicted molar refractivity (Wildman–Crippen MR) is 87.6 cm³/mol. The normalized spacial score (nSPS) is 12.3. The lowest BCUT2D eigenvalue weighted by Gasteiger charge is -2.42. The molecule has 0 aromatic heterocycles. The maximum absolute atomic E-state index is 6.55. The standard InChI is InChI=1S/C17H28OSi/c1-13(2)19(14(3)4,15(5)6)18-16(7)17-11-9-8-10-12-17/h8-15H,7H2,1-6H3. The van der Waals surface area contributed by atoms with Gasteiger partial charge >= 0.3 is 0 Å². The molecule has 0 amide bonds. The molecule has 0 aliphatic carbocycles. The van der Waals surface area contributed by atoms with E-state index in [9.17, 15) is 0 Å². The molecule has 1 aromatic rings. The molecular weight excluding hydrogens is 248 g/mol. The third kappa shape index (κ3) is 3.30. The Morgan fingerprint density at radius 2 is 1.32 bits per heavy atom. The Hall–Kier alpha value is -1.02. The van der Waals surface area contributed by atoms with Crippen LogP contribution in [-0.2, 0) is 4.43 Å². The molecule has 0 unspecified atom stereocenters. The minimum Gasteiger partial charge on any atom is -0.543 e. The molecule has 1 nitrogen and oxygen atoms in total. The van der Waals surface area contributed by atoms with Crippen LogP contribution in [0.1, 0.15) is 47.1 Å². The number of hydrogen-bond acceptors (Lipinski definition) is 1. The lowest BCUT2D eigenvalue weighted by atomic mass is 10.2. The number of rotatable bonds is 6. The fourth-order valence-electron chi connectivity index (χ4n) is 3.25. The van der Waals surface area contributed by atoms with Crippen LogP contribution in [0.4, 0.5) is 0 Å². The lowest BCUT2D eigenvalue weighted by Crippen LogP contribution is -2.47. The van der Waals surface area contributed by atoms with Gasteiger partial charge < -0.3 is 4.43 Å². The van der Waals surface area contributed by atoms with Crippen LogP contribution in [0.5, 0.6) is 0 Å². The average Bonchev–Trinajstić information content (AvgIpc) is 2.35. The Kier molecular flexibility index (Phi) is 5.42. The molecule has 0 aliphatic rings. The summed E-state index contributed by atoms with van der Waals surface area (Å²) in [5.41, 5.74) is 2.83. The fourth-order valence-corrected chi connectivity index (χ4v) is 8.50. The minimum atomic E-state index is -1.87. The second-order valence-electron chi connectivity index (χ2n) is 6.21. The van der Waals surface area contributed by atoms with Crippen molar-refractivity contribution >= 4 is 14.1 Å². The SMILES string of the molecule is C=C(O[Si](C(C)C)(C(C)C)C(C)C)c1ccccc1. The Morgan fingerprint density at radius 1 is 0.895 bits per heavy atom. The van der Waals surface area contributed by atoms with E-state index in [4.69, 9.17) is 4.43 Å². The van der Waals surface area contributed by atoms with Crippen LogP contribution in [0.3, 0.4) is 0 Å². The Balaban J connectivity index is 3.05. The molecule has 0 radical (unpaired) electrons. The molecule has 1 aromatic carbocycles. The van der Waals surface area contributed by atoms with Crippen LogP contribution >= 0.6 is 0 Å². The fraction of sp³-hybridized carbons (Fsp3) is 0.529. The molecule has 0 spiro atoms. The number of benzene rings is 1. The first-order valence-electron chi connectivity index (χ1n) is 7.25. The minimum absolute atomic E-state index is 0.577. The number of hydrogen-bond donors (Lipinski definition) is 0. The van der Waals surface area contributed by atoms with Crippen molar-refractivity contribution in [3.05, 3.63) is 42.5 Å². The molecule has 0 N–H and O–H groups in total. The quantitative estimate of drug-likeness (QED) is 0.468. The van der Waals surface area contributed by atoms with Gasteiger partial charge in [-0.15, -0.1) is 0 Å². The highest BCUT2D eigenvalue weighted by molar-refractivity contribution is 6.78. The van der Waals surface area contributed by atoms with Crippen molar-refractivity contribution in [2.45, 2.75) is 58.2 Å². The van der Waals surface area contributed by atoms with Gasteiger partial charge in [0.15, 0.2) is 0 Å². The maximum atomic E-state index is 6.55. The molecule has 0 saturated heterocycles. The second-order valence-corrected chi connectivity index (χ2v) is 11.6.